The van der Waals surface area contributed by atoms with Crippen LogP contribution in [0.3, 0.4) is 0 Å². The van der Waals surface area contributed by atoms with Crippen LogP contribution in [0.5, 0.6) is 0 Å². The van der Waals surface area contributed by atoms with Crippen LogP contribution in [0, 0.1) is 0 Å². The molecular weight excluding hydrogens is 204 g/mol. The summed E-state index contributed by atoms with van der Waals surface area (Å²) in [6.07, 6.45) is 5.64. The number of benzene rings is 2. The Bertz CT molecular complexity index is 454. The largest absolute Gasteiger partial charge is 0.0764 e. The van der Waals surface area contributed by atoms with Crippen molar-refractivity contribution in [2.24, 2.45) is 0 Å². The number of hydrogen-bond donors (Lipinski definition) is 0. The van der Waals surface area contributed by atoms with Gasteiger partial charge in [0.25, 0.3) is 0 Å². The average Bonchev–Trinajstić information content (AvgIpc) is 2.42. The van der Waals surface area contributed by atoms with Gasteiger partial charge >= 0.3 is 0 Å². The molecule has 0 heteroatoms. The fourth-order valence-electron chi connectivity index (χ4n) is 1.97. The molecule has 0 N–H and O–H groups in total. The van der Waals surface area contributed by atoms with Crippen molar-refractivity contribution < 1.29 is 0 Å². The molecule has 0 aliphatic carbocycles. The first kappa shape index (κ1) is 11.7. The molecule has 86 valence electrons. The first-order valence-electron chi connectivity index (χ1n) is 6.18. The highest BCUT2D eigenvalue weighted by molar-refractivity contribution is 5.50. The van der Waals surface area contributed by atoms with Gasteiger partial charge in [-0.2, -0.15) is 0 Å². The summed E-state index contributed by atoms with van der Waals surface area (Å²) in [6, 6.07) is 21.1. The second kappa shape index (κ2) is 6.05. The van der Waals surface area contributed by atoms with Crippen molar-refractivity contribution in [2.45, 2.75) is 19.3 Å². The number of rotatable bonds is 4. The van der Waals surface area contributed by atoms with E-state index in [1.54, 1.807) is 0 Å². The van der Waals surface area contributed by atoms with E-state index in [9.17, 15) is 0 Å². The zero-order valence-electron chi connectivity index (χ0n) is 10.2. The van der Waals surface area contributed by atoms with Gasteiger partial charge in [-0.25, -0.2) is 0 Å². The van der Waals surface area contributed by atoms with Crippen LogP contribution in [0.4, 0.5) is 0 Å². The van der Waals surface area contributed by atoms with Gasteiger partial charge in [-0.05, 0) is 17.5 Å². The summed E-state index contributed by atoms with van der Waals surface area (Å²) in [5.74, 6) is 0.511. The Morgan fingerprint density at radius 1 is 0.882 bits per heavy atom. The van der Waals surface area contributed by atoms with E-state index < -0.39 is 0 Å². The van der Waals surface area contributed by atoms with E-state index in [-0.39, 0.29) is 0 Å². The van der Waals surface area contributed by atoms with Gasteiger partial charge in [-0.1, -0.05) is 79.7 Å². The second-order valence-electron chi connectivity index (χ2n) is 4.20. The summed E-state index contributed by atoms with van der Waals surface area (Å²) in [4.78, 5) is 0. The highest BCUT2D eigenvalue weighted by Gasteiger charge is 2.03. The van der Waals surface area contributed by atoms with E-state index in [0.717, 1.165) is 6.42 Å². The van der Waals surface area contributed by atoms with Gasteiger partial charge in [0.1, 0.15) is 0 Å². The lowest BCUT2D eigenvalue weighted by Gasteiger charge is -2.10. The molecule has 0 aliphatic heterocycles. The third-order valence-corrected chi connectivity index (χ3v) is 2.99. The van der Waals surface area contributed by atoms with Gasteiger partial charge in [0, 0.05) is 5.92 Å². The molecule has 0 heterocycles. The van der Waals surface area contributed by atoms with Crippen LogP contribution in [0.1, 0.15) is 30.4 Å². The summed E-state index contributed by atoms with van der Waals surface area (Å²) in [7, 11) is 0. The van der Waals surface area contributed by atoms with E-state index >= 15 is 0 Å². The standard InChI is InChI=1S/C17H18/c1-2-16(17-11-7-4-8-12-17)14-13-15-9-5-3-6-10-15/h3-14,16H,2H2,1H3/b14-13-. The molecule has 2 rings (SSSR count). The summed E-state index contributed by atoms with van der Waals surface area (Å²) < 4.78 is 0. The van der Waals surface area contributed by atoms with E-state index in [4.69, 9.17) is 0 Å². The molecule has 1 unspecified atom stereocenters. The van der Waals surface area contributed by atoms with Crippen molar-refractivity contribution in [3.63, 3.8) is 0 Å². The minimum Gasteiger partial charge on any atom is -0.0764 e. The quantitative estimate of drug-likeness (QED) is 0.690. The van der Waals surface area contributed by atoms with Crippen LogP contribution in [0.2, 0.25) is 0 Å². The van der Waals surface area contributed by atoms with Gasteiger partial charge in [0.15, 0.2) is 0 Å². The average molecular weight is 222 g/mol. The smallest absolute Gasteiger partial charge is 0.00186 e. The summed E-state index contributed by atoms with van der Waals surface area (Å²) >= 11 is 0. The summed E-state index contributed by atoms with van der Waals surface area (Å²) in [5.41, 5.74) is 2.66. The lowest BCUT2D eigenvalue weighted by molar-refractivity contribution is 0.808. The zero-order chi connectivity index (χ0) is 11.9. The van der Waals surface area contributed by atoms with Crippen LogP contribution >= 0.6 is 0 Å². The second-order valence-corrected chi connectivity index (χ2v) is 4.20. The SMILES string of the molecule is CCC(/C=C\c1ccccc1)c1ccccc1. The van der Waals surface area contributed by atoms with Gasteiger partial charge in [-0.15, -0.1) is 0 Å². The lowest BCUT2D eigenvalue weighted by Crippen LogP contribution is -1.92. The van der Waals surface area contributed by atoms with Crippen LogP contribution in [0.25, 0.3) is 6.08 Å². The Hall–Kier alpha value is -1.82. The Balaban J connectivity index is 2.14. The highest BCUT2D eigenvalue weighted by atomic mass is 14.1. The molecule has 0 spiro atoms. The van der Waals surface area contributed by atoms with Crippen molar-refractivity contribution in [1.82, 2.24) is 0 Å². The van der Waals surface area contributed by atoms with Crippen molar-refractivity contribution in [3.05, 3.63) is 77.9 Å². The molecule has 2 aromatic rings. The predicted octanol–water partition coefficient (Wildman–Crippen LogP) is 4.89. The lowest BCUT2D eigenvalue weighted by atomic mass is 9.95. The van der Waals surface area contributed by atoms with Crippen LogP contribution in [0.15, 0.2) is 66.7 Å². The molecule has 0 radical (unpaired) electrons. The zero-order valence-corrected chi connectivity index (χ0v) is 10.2. The molecule has 0 aliphatic rings. The maximum Gasteiger partial charge on any atom is 0.00186 e. The summed E-state index contributed by atoms with van der Waals surface area (Å²) in [5, 5.41) is 0. The Morgan fingerprint density at radius 3 is 2.06 bits per heavy atom. The Morgan fingerprint density at radius 2 is 1.47 bits per heavy atom. The monoisotopic (exact) mass is 222 g/mol. The molecule has 0 saturated heterocycles. The third-order valence-electron chi connectivity index (χ3n) is 2.99. The van der Waals surface area contributed by atoms with E-state index in [1.807, 2.05) is 6.07 Å². The first-order valence-corrected chi connectivity index (χ1v) is 6.18. The highest BCUT2D eigenvalue weighted by Crippen LogP contribution is 2.21. The van der Waals surface area contributed by atoms with Crippen LogP contribution < -0.4 is 0 Å². The molecule has 0 nitrogen and oxygen atoms in total. The Kier molecular flexibility index (Phi) is 4.15. The molecular formula is C17H18. The molecule has 1 atom stereocenters. The van der Waals surface area contributed by atoms with Gasteiger partial charge in [-0.3, -0.25) is 0 Å². The molecule has 17 heavy (non-hydrogen) atoms. The van der Waals surface area contributed by atoms with E-state index in [0.29, 0.717) is 5.92 Å². The van der Waals surface area contributed by atoms with E-state index in [2.05, 4.69) is 73.7 Å². The normalized spacial score (nSPS) is 12.8. The van der Waals surface area contributed by atoms with Crippen LogP contribution in [-0.4, -0.2) is 0 Å². The molecule has 0 saturated carbocycles. The molecule has 0 amide bonds. The number of allylic oxidation sites excluding steroid dienone is 1. The third kappa shape index (κ3) is 3.32. The van der Waals surface area contributed by atoms with Crippen molar-refractivity contribution in [1.29, 1.82) is 0 Å². The molecule has 0 aromatic heterocycles. The molecule has 0 fully saturated rings. The fraction of sp³-hybridized carbons (Fsp3) is 0.176. The fourth-order valence-corrected chi connectivity index (χ4v) is 1.97. The predicted molar refractivity (Wildman–Crippen MR) is 75.0 cm³/mol. The van der Waals surface area contributed by atoms with Crippen molar-refractivity contribution in [2.75, 3.05) is 0 Å². The summed E-state index contributed by atoms with van der Waals surface area (Å²) in [6.45, 7) is 2.23. The number of hydrogen-bond acceptors (Lipinski definition) is 0. The Labute approximate surface area is 104 Å². The minimum atomic E-state index is 0.511. The molecule has 2 aromatic carbocycles. The minimum absolute atomic E-state index is 0.511. The topological polar surface area (TPSA) is 0 Å². The maximum atomic E-state index is 2.30. The van der Waals surface area contributed by atoms with Crippen LogP contribution in [-0.2, 0) is 0 Å². The van der Waals surface area contributed by atoms with Crippen molar-refractivity contribution in [3.8, 4) is 0 Å². The first-order chi connectivity index (χ1) is 8.40. The van der Waals surface area contributed by atoms with Gasteiger partial charge in [0.2, 0.25) is 0 Å². The van der Waals surface area contributed by atoms with Crippen molar-refractivity contribution >= 4 is 6.08 Å². The van der Waals surface area contributed by atoms with Gasteiger partial charge in [0.05, 0.1) is 0 Å². The van der Waals surface area contributed by atoms with Gasteiger partial charge < -0.3 is 0 Å². The maximum absolute atomic E-state index is 2.30. The van der Waals surface area contributed by atoms with E-state index in [1.165, 1.54) is 11.1 Å². The molecule has 0 bridgehead atoms.